The Bertz CT molecular complexity index is 348. The van der Waals surface area contributed by atoms with Crippen molar-refractivity contribution in [3.8, 4) is 0 Å². The number of rotatable bonds is 4. The van der Waals surface area contributed by atoms with Gasteiger partial charge in [0.15, 0.2) is 5.82 Å². The number of nitrogens with zero attached hydrogens (tertiary/aromatic N) is 3. The fourth-order valence-electron chi connectivity index (χ4n) is 2.37. The van der Waals surface area contributed by atoms with Gasteiger partial charge in [0.05, 0.1) is 6.54 Å². The van der Waals surface area contributed by atoms with Crippen molar-refractivity contribution >= 4 is 0 Å². The van der Waals surface area contributed by atoms with Gasteiger partial charge in [0.2, 0.25) is 5.89 Å². The summed E-state index contributed by atoms with van der Waals surface area (Å²) in [4.78, 5) is 6.90. The summed E-state index contributed by atoms with van der Waals surface area (Å²) in [6, 6.07) is 0.643. The molecule has 2 heterocycles. The lowest BCUT2D eigenvalue weighted by atomic mass is 10.0. The lowest BCUT2D eigenvalue weighted by molar-refractivity contribution is 0.135. The zero-order valence-corrected chi connectivity index (χ0v) is 11.1. The molecule has 1 aromatic rings. The highest BCUT2D eigenvalue weighted by Gasteiger charge is 2.20. The van der Waals surface area contributed by atoms with Crippen molar-refractivity contribution < 1.29 is 4.52 Å². The van der Waals surface area contributed by atoms with E-state index in [1.54, 1.807) is 0 Å². The Hall–Kier alpha value is -0.900. The van der Waals surface area contributed by atoms with Crippen LogP contribution < -0.4 is 0 Å². The van der Waals surface area contributed by atoms with Crippen molar-refractivity contribution in [2.24, 2.45) is 5.92 Å². The van der Waals surface area contributed by atoms with Crippen LogP contribution in [-0.2, 0) is 13.0 Å². The van der Waals surface area contributed by atoms with Gasteiger partial charge >= 0.3 is 0 Å². The molecule has 4 heteroatoms. The van der Waals surface area contributed by atoms with Gasteiger partial charge in [-0.05, 0) is 32.2 Å². The largest absolute Gasteiger partial charge is 0.338 e. The van der Waals surface area contributed by atoms with Gasteiger partial charge in [-0.2, -0.15) is 4.98 Å². The Morgan fingerprint density at radius 3 is 2.94 bits per heavy atom. The molecule has 1 aliphatic rings. The van der Waals surface area contributed by atoms with Crippen LogP contribution in [0.4, 0.5) is 0 Å². The van der Waals surface area contributed by atoms with E-state index in [1.807, 2.05) is 0 Å². The van der Waals surface area contributed by atoms with Crippen LogP contribution in [0.5, 0.6) is 0 Å². The highest BCUT2D eigenvalue weighted by Crippen LogP contribution is 2.18. The van der Waals surface area contributed by atoms with Crippen molar-refractivity contribution in [3.05, 3.63) is 11.7 Å². The van der Waals surface area contributed by atoms with E-state index >= 15 is 0 Å². The van der Waals surface area contributed by atoms with E-state index in [-0.39, 0.29) is 0 Å². The van der Waals surface area contributed by atoms with E-state index in [9.17, 15) is 0 Å². The summed E-state index contributed by atoms with van der Waals surface area (Å²) in [5.74, 6) is 2.20. The van der Waals surface area contributed by atoms with Crippen LogP contribution in [0.25, 0.3) is 0 Å². The molecule has 1 saturated heterocycles. The van der Waals surface area contributed by atoms with E-state index in [0.717, 1.165) is 31.2 Å². The Kier molecular flexibility index (Phi) is 4.15. The van der Waals surface area contributed by atoms with Gasteiger partial charge in [-0.25, -0.2) is 0 Å². The summed E-state index contributed by atoms with van der Waals surface area (Å²) < 4.78 is 5.31. The van der Waals surface area contributed by atoms with E-state index in [1.165, 1.54) is 19.3 Å². The van der Waals surface area contributed by atoms with Crippen LogP contribution >= 0.6 is 0 Å². The first kappa shape index (κ1) is 12.6. The van der Waals surface area contributed by atoms with Crippen LogP contribution in [0.3, 0.4) is 0 Å². The average molecular weight is 237 g/mol. The summed E-state index contributed by atoms with van der Waals surface area (Å²) in [6.07, 6.45) is 4.82. The lowest BCUT2D eigenvalue weighted by Gasteiger charge is -2.31. The maximum Gasteiger partial charge on any atom is 0.240 e. The molecule has 0 spiro atoms. The quantitative estimate of drug-likeness (QED) is 0.807. The molecule has 1 unspecified atom stereocenters. The van der Waals surface area contributed by atoms with Crippen molar-refractivity contribution in [2.45, 2.75) is 59.0 Å². The van der Waals surface area contributed by atoms with Gasteiger partial charge in [-0.15, -0.1) is 0 Å². The molecule has 4 nitrogen and oxygen atoms in total. The van der Waals surface area contributed by atoms with Gasteiger partial charge in [-0.3, -0.25) is 4.90 Å². The van der Waals surface area contributed by atoms with Crippen molar-refractivity contribution in [3.63, 3.8) is 0 Å². The number of likely N-dealkylation sites (tertiary alicyclic amines) is 1. The van der Waals surface area contributed by atoms with Gasteiger partial charge in [-0.1, -0.05) is 25.4 Å². The number of piperidine rings is 1. The van der Waals surface area contributed by atoms with Crippen LogP contribution in [0, 0.1) is 5.92 Å². The number of hydrogen-bond acceptors (Lipinski definition) is 4. The second-order valence-electron chi connectivity index (χ2n) is 5.52. The zero-order chi connectivity index (χ0) is 12.3. The monoisotopic (exact) mass is 237 g/mol. The topological polar surface area (TPSA) is 42.2 Å². The molecule has 0 saturated carbocycles. The van der Waals surface area contributed by atoms with Gasteiger partial charge in [0.1, 0.15) is 0 Å². The molecular weight excluding hydrogens is 214 g/mol. The third kappa shape index (κ3) is 3.53. The smallest absolute Gasteiger partial charge is 0.240 e. The standard InChI is InChI=1S/C13H23N3O/c1-10(2)8-12-14-13(17-15-12)9-16-7-5-4-6-11(16)3/h10-11H,4-9H2,1-3H3. The first-order chi connectivity index (χ1) is 8.15. The summed E-state index contributed by atoms with van der Waals surface area (Å²) in [5.41, 5.74) is 0. The van der Waals surface area contributed by atoms with Crippen LogP contribution in [0.2, 0.25) is 0 Å². The first-order valence-electron chi connectivity index (χ1n) is 6.70. The second kappa shape index (κ2) is 5.63. The molecule has 0 N–H and O–H groups in total. The Labute approximate surface area is 103 Å². The second-order valence-corrected chi connectivity index (χ2v) is 5.52. The Morgan fingerprint density at radius 2 is 2.24 bits per heavy atom. The molecule has 0 aromatic carbocycles. The molecule has 0 radical (unpaired) electrons. The van der Waals surface area contributed by atoms with Gasteiger partial charge < -0.3 is 4.52 Å². The third-order valence-corrected chi connectivity index (χ3v) is 3.38. The van der Waals surface area contributed by atoms with Crippen LogP contribution in [0.15, 0.2) is 4.52 Å². The molecule has 2 rings (SSSR count). The van der Waals surface area contributed by atoms with Crippen molar-refractivity contribution in [2.75, 3.05) is 6.54 Å². The Balaban J connectivity index is 1.91. The normalized spacial score (nSPS) is 22.2. The SMILES string of the molecule is CC(C)Cc1noc(CN2CCCCC2C)n1. The Morgan fingerprint density at radius 1 is 1.41 bits per heavy atom. The van der Waals surface area contributed by atoms with Crippen molar-refractivity contribution in [1.82, 2.24) is 15.0 Å². The highest BCUT2D eigenvalue weighted by molar-refractivity contribution is 4.88. The molecular formula is C13H23N3O. The van der Waals surface area contributed by atoms with Crippen molar-refractivity contribution in [1.29, 1.82) is 0 Å². The predicted molar refractivity (Wildman–Crippen MR) is 66.6 cm³/mol. The molecule has 17 heavy (non-hydrogen) atoms. The molecule has 1 atom stereocenters. The molecule has 0 bridgehead atoms. The first-order valence-corrected chi connectivity index (χ1v) is 6.70. The predicted octanol–water partition coefficient (Wildman–Crippen LogP) is 2.64. The molecule has 0 amide bonds. The molecule has 0 aliphatic carbocycles. The zero-order valence-electron chi connectivity index (χ0n) is 11.1. The average Bonchev–Trinajstić information content (AvgIpc) is 2.68. The van der Waals surface area contributed by atoms with E-state index < -0.39 is 0 Å². The molecule has 1 aromatic heterocycles. The minimum atomic E-state index is 0.578. The maximum absolute atomic E-state index is 5.31. The fraction of sp³-hybridized carbons (Fsp3) is 0.846. The van der Waals surface area contributed by atoms with E-state index in [4.69, 9.17) is 4.52 Å². The minimum Gasteiger partial charge on any atom is -0.338 e. The molecule has 96 valence electrons. The maximum atomic E-state index is 5.31. The summed E-state index contributed by atoms with van der Waals surface area (Å²) in [6.45, 7) is 8.59. The summed E-state index contributed by atoms with van der Waals surface area (Å²) >= 11 is 0. The summed E-state index contributed by atoms with van der Waals surface area (Å²) in [7, 11) is 0. The van der Waals surface area contributed by atoms with Gasteiger partial charge in [0.25, 0.3) is 0 Å². The molecule has 1 fully saturated rings. The van der Waals surface area contributed by atoms with Crippen LogP contribution in [-0.4, -0.2) is 27.6 Å². The highest BCUT2D eigenvalue weighted by atomic mass is 16.5. The third-order valence-electron chi connectivity index (χ3n) is 3.38. The number of aromatic nitrogens is 2. The minimum absolute atomic E-state index is 0.578. The van der Waals surface area contributed by atoms with Crippen LogP contribution in [0.1, 0.15) is 51.7 Å². The molecule has 1 aliphatic heterocycles. The van der Waals surface area contributed by atoms with Gasteiger partial charge in [0, 0.05) is 12.5 Å². The summed E-state index contributed by atoms with van der Waals surface area (Å²) in [5, 5.41) is 4.03. The van der Waals surface area contributed by atoms with E-state index in [2.05, 4.69) is 35.8 Å². The lowest BCUT2D eigenvalue weighted by Crippen LogP contribution is -2.36. The fourth-order valence-corrected chi connectivity index (χ4v) is 2.37. The number of hydrogen-bond donors (Lipinski definition) is 0. The van der Waals surface area contributed by atoms with E-state index in [0.29, 0.717) is 12.0 Å².